The number of fused-ring (bicyclic) bond motifs is 1. The number of nitrogens with zero attached hydrogens (tertiary/aromatic N) is 1. The first-order chi connectivity index (χ1) is 8.09. The summed E-state index contributed by atoms with van der Waals surface area (Å²) in [6, 6.07) is 9.63. The number of hydrogen-bond donors (Lipinski definition) is 0. The van der Waals surface area contributed by atoms with E-state index in [0.29, 0.717) is 5.71 Å². The van der Waals surface area contributed by atoms with Crippen molar-refractivity contribution in [3.8, 4) is 0 Å². The van der Waals surface area contributed by atoms with Gasteiger partial charge in [-0.1, -0.05) is 35.5 Å². The molecule has 0 bridgehead atoms. The highest BCUT2D eigenvalue weighted by atomic mass is 16.7. The van der Waals surface area contributed by atoms with Gasteiger partial charge in [0, 0.05) is 0 Å². The molecule has 0 aliphatic carbocycles. The fraction of sp³-hybridized carbons (Fsp3) is 0.385. The van der Waals surface area contributed by atoms with Gasteiger partial charge >= 0.3 is 5.97 Å². The molecule has 0 aromatic heterocycles. The first-order valence-corrected chi connectivity index (χ1v) is 5.61. The van der Waals surface area contributed by atoms with Gasteiger partial charge in [-0.25, -0.2) is 0 Å². The molecular formula is C13H13NO3. The molecule has 0 N–H and O–H groups in total. The van der Waals surface area contributed by atoms with Crippen LogP contribution in [0.2, 0.25) is 0 Å². The average molecular weight is 231 g/mol. The van der Waals surface area contributed by atoms with E-state index in [-0.39, 0.29) is 12.1 Å². The van der Waals surface area contributed by atoms with E-state index in [1.54, 1.807) is 0 Å². The zero-order valence-electron chi connectivity index (χ0n) is 9.71. The number of rotatable bonds is 1. The van der Waals surface area contributed by atoms with E-state index in [0.717, 1.165) is 5.56 Å². The standard InChI is InChI=1S/C13H13NO3/c1-13(2)11-9(12(15)16-13)10(17-14-11)8-6-4-3-5-7-8/h3-7,9-10H,1-2H3/t9-,10-/m0/s1. The minimum atomic E-state index is -0.648. The van der Waals surface area contributed by atoms with Gasteiger partial charge in [0.25, 0.3) is 0 Å². The lowest BCUT2D eigenvalue weighted by Gasteiger charge is -2.14. The molecule has 1 aromatic carbocycles. The fourth-order valence-corrected chi connectivity index (χ4v) is 2.36. The third-order valence-electron chi connectivity index (χ3n) is 3.22. The van der Waals surface area contributed by atoms with Crippen LogP contribution in [0.4, 0.5) is 0 Å². The second kappa shape index (κ2) is 3.32. The van der Waals surface area contributed by atoms with Gasteiger partial charge in [0.15, 0.2) is 6.10 Å². The Morgan fingerprint density at radius 2 is 1.94 bits per heavy atom. The predicted molar refractivity (Wildman–Crippen MR) is 61.4 cm³/mol. The van der Waals surface area contributed by atoms with Crippen LogP contribution in [0.3, 0.4) is 0 Å². The second-order valence-corrected chi connectivity index (χ2v) is 4.82. The molecule has 0 unspecified atom stereocenters. The van der Waals surface area contributed by atoms with Gasteiger partial charge in [0.1, 0.15) is 17.2 Å². The molecule has 0 amide bonds. The Bertz CT molecular complexity index is 493. The van der Waals surface area contributed by atoms with Gasteiger partial charge in [-0.2, -0.15) is 0 Å². The van der Waals surface area contributed by atoms with Gasteiger partial charge in [0.05, 0.1) is 0 Å². The van der Waals surface area contributed by atoms with Crippen molar-refractivity contribution in [1.29, 1.82) is 0 Å². The molecule has 2 aliphatic rings. The van der Waals surface area contributed by atoms with Crippen LogP contribution in [0.15, 0.2) is 35.5 Å². The molecule has 0 spiro atoms. The highest BCUT2D eigenvalue weighted by Crippen LogP contribution is 2.42. The van der Waals surface area contributed by atoms with Crippen molar-refractivity contribution in [2.45, 2.75) is 25.6 Å². The first-order valence-electron chi connectivity index (χ1n) is 5.61. The first kappa shape index (κ1) is 10.3. The number of carbonyl (C=O) groups is 1. The van der Waals surface area contributed by atoms with E-state index in [4.69, 9.17) is 9.57 Å². The van der Waals surface area contributed by atoms with Gasteiger partial charge < -0.3 is 9.57 Å². The highest BCUT2D eigenvalue weighted by molar-refractivity contribution is 6.12. The van der Waals surface area contributed by atoms with Crippen LogP contribution in [0, 0.1) is 5.92 Å². The molecule has 4 nitrogen and oxygen atoms in total. The van der Waals surface area contributed by atoms with Crippen molar-refractivity contribution >= 4 is 11.7 Å². The summed E-state index contributed by atoms with van der Waals surface area (Å²) in [5.74, 6) is -0.646. The molecular weight excluding hydrogens is 218 g/mol. The van der Waals surface area contributed by atoms with E-state index < -0.39 is 11.5 Å². The smallest absolute Gasteiger partial charge is 0.320 e. The topological polar surface area (TPSA) is 47.9 Å². The number of benzene rings is 1. The number of cyclic esters (lactones) is 1. The Balaban J connectivity index is 1.97. The summed E-state index contributed by atoms with van der Waals surface area (Å²) in [5.41, 5.74) is 0.993. The third kappa shape index (κ3) is 1.44. The van der Waals surface area contributed by atoms with Crippen molar-refractivity contribution in [2.75, 3.05) is 0 Å². The van der Waals surface area contributed by atoms with E-state index >= 15 is 0 Å². The summed E-state index contributed by atoms with van der Waals surface area (Å²) in [6.45, 7) is 3.67. The summed E-state index contributed by atoms with van der Waals surface area (Å²) in [7, 11) is 0. The van der Waals surface area contributed by atoms with E-state index in [1.807, 2.05) is 44.2 Å². The molecule has 2 heterocycles. The summed E-state index contributed by atoms with van der Waals surface area (Å²) in [4.78, 5) is 17.3. The highest BCUT2D eigenvalue weighted by Gasteiger charge is 2.55. The lowest BCUT2D eigenvalue weighted by molar-refractivity contribution is -0.151. The number of oxime groups is 1. The Labute approximate surface area is 99.2 Å². The van der Waals surface area contributed by atoms with Gasteiger partial charge in [0.2, 0.25) is 0 Å². The lowest BCUT2D eigenvalue weighted by Crippen LogP contribution is -2.29. The maximum Gasteiger partial charge on any atom is 0.320 e. The lowest BCUT2D eigenvalue weighted by atomic mass is 9.88. The van der Waals surface area contributed by atoms with Crippen LogP contribution in [-0.2, 0) is 14.4 Å². The van der Waals surface area contributed by atoms with Gasteiger partial charge in [-0.15, -0.1) is 0 Å². The number of carbonyl (C=O) groups excluding carboxylic acids is 1. The second-order valence-electron chi connectivity index (χ2n) is 4.82. The fourth-order valence-electron chi connectivity index (χ4n) is 2.36. The Morgan fingerprint density at radius 1 is 1.24 bits per heavy atom. The Hall–Kier alpha value is -1.84. The maximum absolute atomic E-state index is 11.9. The maximum atomic E-state index is 11.9. The van der Waals surface area contributed by atoms with Gasteiger partial charge in [-0.3, -0.25) is 4.79 Å². The van der Waals surface area contributed by atoms with Gasteiger partial charge in [-0.05, 0) is 19.4 Å². The van der Waals surface area contributed by atoms with Crippen LogP contribution in [-0.4, -0.2) is 17.3 Å². The summed E-state index contributed by atoms with van der Waals surface area (Å²) in [5, 5.41) is 4.03. The average Bonchev–Trinajstić information content (AvgIpc) is 2.82. The number of ether oxygens (including phenoxy) is 1. The van der Waals surface area contributed by atoms with Crippen LogP contribution >= 0.6 is 0 Å². The molecule has 2 atom stereocenters. The van der Waals surface area contributed by atoms with Crippen LogP contribution in [0.1, 0.15) is 25.5 Å². The molecule has 0 radical (unpaired) electrons. The van der Waals surface area contributed by atoms with E-state index in [9.17, 15) is 4.79 Å². The molecule has 17 heavy (non-hydrogen) atoms. The molecule has 1 fully saturated rings. The minimum absolute atomic E-state index is 0.250. The summed E-state index contributed by atoms with van der Waals surface area (Å²) in [6.07, 6.45) is -0.347. The normalized spacial score (nSPS) is 29.3. The van der Waals surface area contributed by atoms with E-state index in [2.05, 4.69) is 5.16 Å². The van der Waals surface area contributed by atoms with Crippen molar-refractivity contribution in [3.05, 3.63) is 35.9 Å². The van der Waals surface area contributed by atoms with Crippen molar-refractivity contribution < 1.29 is 14.4 Å². The van der Waals surface area contributed by atoms with Crippen molar-refractivity contribution in [2.24, 2.45) is 11.1 Å². The summed E-state index contributed by atoms with van der Waals surface area (Å²) < 4.78 is 5.32. The SMILES string of the molecule is CC1(C)OC(=O)[C@@H]2C1=NO[C@H]2c1ccccc1. The predicted octanol–water partition coefficient (Wildman–Crippen LogP) is 2.07. The van der Waals surface area contributed by atoms with Crippen LogP contribution in [0.5, 0.6) is 0 Å². The zero-order chi connectivity index (χ0) is 12.0. The van der Waals surface area contributed by atoms with Crippen molar-refractivity contribution in [1.82, 2.24) is 0 Å². The molecule has 4 heteroatoms. The largest absolute Gasteiger partial charge is 0.453 e. The van der Waals surface area contributed by atoms with Crippen LogP contribution in [0.25, 0.3) is 0 Å². The minimum Gasteiger partial charge on any atom is -0.453 e. The van der Waals surface area contributed by atoms with E-state index in [1.165, 1.54) is 0 Å². The van der Waals surface area contributed by atoms with Crippen molar-refractivity contribution in [3.63, 3.8) is 0 Å². The Kier molecular flexibility index (Phi) is 2.02. The third-order valence-corrected chi connectivity index (χ3v) is 3.22. The number of esters is 1. The monoisotopic (exact) mass is 231 g/mol. The summed E-state index contributed by atoms with van der Waals surface area (Å²) >= 11 is 0. The van der Waals surface area contributed by atoms with Crippen LogP contribution < -0.4 is 0 Å². The quantitative estimate of drug-likeness (QED) is 0.695. The zero-order valence-corrected chi connectivity index (χ0v) is 9.71. The molecule has 0 saturated carbocycles. The molecule has 1 aromatic rings. The number of hydrogen-bond acceptors (Lipinski definition) is 4. The molecule has 3 rings (SSSR count). The molecule has 88 valence electrons. The molecule has 2 aliphatic heterocycles. The Morgan fingerprint density at radius 3 is 2.65 bits per heavy atom. The molecule has 1 saturated heterocycles.